The summed E-state index contributed by atoms with van der Waals surface area (Å²) in [5, 5.41) is 5.21. The predicted molar refractivity (Wildman–Crippen MR) is 235 cm³/mol. The molecule has 8 aromatic carbocycles. The van der Waals surface area contributed by atoms with Gasteiger partial charge >= 0.3 is 0 Å². The minimum atomic E-state index is 0.963. The SMILES string of the molecule is c1ccc(-c2ccc(N(c3ccc(-c4cccc(-c5ccc6c7cccc8c9ccccc9n(c6c5)c87)c4)cc3)c3ccc(-c4ccccn4)cc3)cc2)cc1. The number of nitrogens with zero attached hydrogens (tertiary/aromatic N) is 3. The molecule has 0 atom stereocenters. The lowest BCUT2D eigenvalue weighted by Crippen LogP contribution is -2.09. The molecule has 3 aromatic heterocycles. The van der Waals surface area contributed by atoms with E-state index in [0.29, 0.717) is 0 Å². The average molecular weight is 714 g/mol. The van der Waals surface area contributed by atoms with Gasteiger partial charge in [-0.15, -0.1) is 0 Å². The van der Waals surface area contributed by atoms with Crippen LogP contribution in [0.4, 0.5) is 17.1 Å². The number of anilines is 3. The van der Waals surface area contributed by atoms with Crippen molar-refractivity contribution < 1.29 is 0 Å². The summed E-state index contributed by atoms with van der Waals surface area (Å²) in [5.41, 5.74) is 16.3. The van der Waals surface area contributed by atoms with Crippen molar-refractivity contribution in [1.82, 2.24) is 9.38 Å². The van der Waals surface area contributed by atoms with Gasteiger partial charge in [0.2, 0.25) is 0 Å². The van der Waals surface area contributed by atoms with Gasteiger partial charge in [0, 0.05) is 50.4 Å². The molecule has 0 bridgehead atoms. The maximum absolute atomic E-state index is 4.57. The molecule has 0 radical (unpaired) electrons. The Morgan fingerprint density at radius 3 is 1.48 bits per heavy atom. The lowest BCUT2D eigenvalue weighted by molar-refractivity contribution is 1.28. The van der Waals surface area contributed by atoms with Gasteiger partial charge in [0.25, 0.3) is 0 Å². The minimum Gasteiger partial charge on any atom is -0.311 e. The summed E-state index contributed by atoms with van der Waals surface area (Å²) in [6, 6.07) is 74.3. The molecule has 0 aliphatic heterocycles. The first kappa shape index (κ1) is 32.0. The number of rotatable bonds is 7. The Kier molecular flexibility index (Phi) is 7.49. The summed E-state index contributed by atoms with van der Waals surface area (Å²) in [4.78, 5) is 6.89. The first-order valence-corrected chi connectivity index (χ1v) is 19.1. The quantitative estimate of drug-likeness (QED) is 0.164. The highest BCUT2D eigenvalue weighted by Crippen LogP contribution is 2.41. The Hall–Kier alpha value is -7.49. The first-order chi connectivity index (χ1) is 27.8. The molecule has 56 heavy (non-hydrogen) atoms. The zero-order valence-corrected chi connectivity index (χ0v) is 30.5. The number of hydrogen-bond acceptors (Lipinski definition) is 2. The van der Waals surface area contributed by atoms with Crippen LogP contribution in [0.5, 0.6) is 0 Å². The van der Waals surface area contributed by atoms with E-state index in [1.165, 1.54) is 71.5 Å². The van der Waals surface area contributed by atoms with Crippen LogP contribution >= 0.6 is 0 Å². The van der Waals surface area contributed by atoms with Crippen LogP contribution in [0.15, 0.2) is 212 Å². The van der Waals surface area contributed by atoms with Crippen LogP contribution in [0, 0.1) is 0 Å². The molecule has 0 aliphatic rings. The van der Waals surface area contributed by atoms with Gasteiger partial charge in [-0.1, -0.05) is 140 Å². The molecule has 0 aliphatic carbocycles. The van der Waals surface area contributed by atoms with Crippen LogP contribution in [-0.2, 0) is 0 Å². The van der Waals surface area contributed by atoms with Gasteiger partial charge in [-0.05, 0) is 100 Å². The van der Waals surface area contributed by atoms with E-state index in [0.717, 1.165) is 28.3 Å². The molecule has 3 nitrogen and oxygen atoms in total. The zero-order valence-electron chi connectivity index (χ0n) is 30.5. The molecule has 0 saturated carbocycles. The van der Waals surface area contributed by atoms with Crippen LogP contribution < -0.4 is 4.90 Å². The Bertz CT molecular complexity index is 3060. The third-order valence-corrected chi connectivity index (χ3v) is 11.2. The number of pyridine rings is 1. The number of hydrogen-bond donors (Lipinski definition) is 0. The fraction of sp³-hybridized carbons (Fsp3) is 0. The lowest BCUT2D eigenvalue weighted by Gasteiger charge is -2.26. The van der Waals surface area contributed by atoms with E-state index in [2.05, 4.69) is 202 Å². The van der Waals surface area contributed by atoms with Gasteiger partial charge in [-0.3, -0.25) is 4.98 Å². The van der Waals surface area contributed by atoms with Crippen LogP contribution in [0.2, 0.25) is 0 Å². The average Bonchev–Trinajstić information content (AvgIpc) is 3.80. The molecule has 0 N–H and O–H groups in total. The molecule has 0 saturated heterocycles. The lowest BCUT2D eigenvalue weighted by atomic mass is 9.97. The van der Waals surface area contributed by atoms with Gasteiger partial charge in [0.1, 0.15) is 0 Å². The predicted octanol–water partition coefficient (Wildman–Crippen LogP) is 14.4. The molecule has 0 amide bonds. The van der Waals surface area contributed by atoms with E-state index >= 15 is 0 Å². The Labute approximate surface area is 325 Å². The molecular weight excluding hydrogens is 679 g/mol. The van der Waals surface area contributed by atoms with Gasteiger partial charge < -0.3 is 9.30 Å². The largest absolute Gasteiger partial charge is 0.311 e. The third-order valence-electron chi connectivity index (χ3n) is 11.2. The second kappa shape index (κ2) is 13.1. The van der Waals surface area contributed by atoms with Gasteiger partial charge in [0.05, 0.1) is 22.2 Å². The highest BCUT2D eigenvalue weighted by Gasteiger charge is 2.18. The number of fused-ring (bicyclic) bond motifs is 6. The first-order valence-electron chi connectivity index (χ1n) is 19.1. The third kappa shape index (κ3) is 5.32. The van der Waals surface area contributed by atoms with E-state index in [4.69, 9.17) is 0 Å². The van der Waals surface area contributed by atoms with Crippen LogP contribution in [0.1, 0.15) is 0 Å². The van der Waals surface area contributed by atoms with Crippen LogP contribution in [0.3, 0.4) is 0 Å². The normalized spacial score (nSPS) is 11.6. The molecule has 0 unspecified atom stereocenters. The summed E-state index contributed by atoms with van der Waals surface area (Å²) < 4.78 is 2.45. The second-order valence-electron chi connectivity index (χ2n) is 14.4. The fourth-order valence-corrected chi connectivity index (χ4v) is 8.49. The molecule has 3 heterocycles. The molecule has 0 fully saturated rings. The van der Waals surface area contributed by atoms with Gasteiger partial charge in [-0.2, -0.15) is 0 Å². The topological polar surface area (TPSA) is 20.5 Å². The van der Waals surface area contributed by atoms with E-state index in [1.54, 1.807) is 0 Å². The maximum Gasteiger partial charge on any atom is 0.0701 e. The second-order valence-corrected chi connectivity index (χ2v) is 14.4. The standard InChI is InChI=1S/C53H35N3/c1-2-10-36(11-3-1)37-19-26-43(27-20-37)55(45-30-23-39(24-31-45)50-17-6-7-33-54-50)44-28-21-38(22-29-44)40-12-8-13-41(34-40)42-25-32-47-49-16-9-15-48-46-14-4-5-18-51(46)56(53(48)49)52(47)35-42/h1-35H. The number of benzene rings is 8. The molecule has 262 valence electrons. The van der Waals surface area contributed by atoms with Crippen molar-refractivity contribution in [2.75, 3.05) is 4.90 Å². The van der Waals surface area contributed by atoms with Crippen LogP contribution in [0.25, 0.3) is 82.7 Å². The van der Waals surface area contributed by atoms with E-state index in [-0.39, 0.29) is 0 Å². The highest BCUT2D eigenvalue weighted by molar-refractivity contribution is 6.23. The summed E-state index contributed by atoms with van der Waals surface area (Å²) in [6.45, 7) is 0. The van der Waals surface area contributed by atoms with Crippen molar-refractivity contribution in [1.29, 1.82) is 0 Å². The molecular formula is C53H35N3. The highest BCUT2D eigenvalue weighted by atomic mass is 15.1. The summed E-state index contributed by atoms with van der Waals surface area (Å²) in [5.74, 6) is 0. The maximum atomic E-state index is 4.57. The van der Waals surface area contributed by atoms with Crippen molar-refractivity contribution in [3.8, 4) is 44.6 Å². The van der Waals surface area contributed by atoms with Crippen molar-refractivity contribution in [3.05, 3.63) is 212 Å². The van der Waals surface area contributed by atoms with Crippen molar-refractivity contribution >= 4 is 55.2 Å². The smallest absolute Gasteiger partial charge is 0.0701 e. The van der Waals surface area contributed by atoms with Crippen molar-refractivity contribution in [2.24, 2.45) is 0 Å². The molecule has 11 aromatic rings. The van der Waals surface area contributed by atoms with Gasteiger partial charge in [0.15, 0.2) is 0 Å². The summed E-state index contributed by atoms with van der Waals surface area (Å²) in [7, 11) is 0. The Balaban J connectivity index is 0.954. The minimum absolute atomic E-state index is 0.963. The monoisotopic (exact) mass is 713 g/mol. The van der Waals surface area contributed by atoms with Gasteiger partial charge in [-0.25, -0.2) is 0 Å². The Morgan fingerprint density at radius 1 is 0.321 bits per heavy atom. The Morgan fingerprint density at radius 2 is 0.804 bits per heavy atom. The summed E-state index contributed by atoms with van der Waals surface area (Å²) in [6.07, 6.45) is 1.84. The van der Waals surface area contributed by atoms with E-state index < -0.39 is 0 Å². The molecule has 3 heteroatoms. The number of aromatic nitrogens is 2. The molecule has 0 spiro atoms. The van der Waals surface area contributed by atoms with Crippen LogP contribution in [-0.4, -0.2) is 9.38 Å². The fourth-order valence-electron chi connectivity index (χ4n) is 8.49. The molecule has 11 rings (SSSR count). The van der Waals surface area contributed by atoms with E-state index in [9.17, 15) is 0 Å². The summed E-state index contributed by atoms with van der Waals surface area (Å²) >= 11 is 0. The number of para-hydroxylation sites is 2. The van der Waals surface area contributed by atoms with E-state index in [1.807, 2.05) is 24.4 Å². The zero-order chi connectivity index (χ0) is 37.0. The van der Waals surface area contributed by atoms with Crippen molar-refractivity contribution in [2.45, 2.75) is 0 Å². The van der Waals surface area contributed by atoms with Crippen molar-refractivity contribution in [3.63, 3.8) is 0 Å².